The molecule has 210 valence electrons. The van der Waals surface area contributed by atoms with Gasteiger partial charge >= 0.3 is 6.03 Å². The van der Waals surface area contributed by atoms with Crippen LogP contribution in [0.15, 0.2) is 48.8 Å². The van der Waals surface area contributed by atoms with Gasteiger partial charge in [-0.15, -0.1) is 0 Å². The van der Waals surface area contributed by atoms with Gasteiger partial charge in [-0.25, -0.2) is 23.8 Å². The van der Waals surface area contributed by atoms with Crippen LogP contribution in [0, 0.1) is 12.7 Å². The van der Waals surface area contributed by atoms with Crippen molar-refractivity contribution in [2.75, 3.05) is 43.6 Å². The van der Waals surface area contributed by atoms with Gasteiger partial charge in [0.05, 0.1) is 11.1 Å². The minimum atomic E-state index is -0.553. The van der Waals surface area contributed by atoms with Gasteiger partial charge in [-0.3, -0.25) is 4.79 Å². The van der Waals surface area contributed by atoms with Gasteiger partial charge in [0.1, 0.15) is 23.7 Å². The number of carbonyl (C=O) groups excluding carboxylic acids is 2. The molecule has 3 amide bonds. The van der Waals surface area contributed by atoms with Gasteiger partial charge in [-0.05, 0) is 69.7 Å². The first kappa shape index (κ1) is 28.4. The van der Waals surface area contributed by atoms with E-state index in [0.717, 1.165) is 37.1 Å². The topological polar surface area (TPSA) is 143 Å². The van der Waals surface area contributed by atoms with Gasteiger partial charge in [0.25, 0.3) is 0 Å². The monoisotopic (exact) mass is 547 g/mol. The Morgan fingerprint density at radius 3 is 2.55 bits per heavy atom. The molecular formula is C28H34FN9O2. The van der Waals surface area contributed by atoms with E-state index in [4.69, 9.17) is 10.8 Å². The highest BCUT2D eigenvalue weighted by molar-refractivity contribution is 6.01. The molecular weight excluding hydrogens is 513 g/mol. The van der Waals surface area contributed by atoms with E-state index in [0.29, 0.717) is 41.2 Å². The van der Waals surface area contributed by atoms with Gasteiger partial charge in [0.15, 0.2) is 5.65 Å². The number of aromatic nitrogens is 4. The van der Waals surface area contributed by atoms with E-state index in [-0.39, 0.29) is 11.6 Å². The summed E-state index contributed by atoms with van der Waals surface area (Å²) in [6.07, 6.45) is 3.56. The molecule has 0 aliphatic heterocycles. The molecule has 4 rings (SSSR count). The summed E-state index contributed by atoms with van der Waals surface area (Å²) in [7, 11) is 3.68. The summed E-state index contributed by atoms with van der Waals surface area (Å²) in [6, 6.07) is 11.1. The summed E-state index contributed by atoms with van der Waals surface area (Å²) in [6.45, 7) is 4.11. The number of nitrogens with zero attached hydrogens (tertiary/aromatic N) is 5. The quantitative estimate of drug-likeness (QED) is 0.222. The Morgan fingerprint density at radius 2 is 1.80 bits per heavy atom. The first-order valence-corrected chi connectivity index (χ1v) is 13.1. The number of halogens is 1. The van der Waals surface area contributed by atoms with Crippen LogP contribution in [0.3, 0.4) is 0 Å². The van der Waals surface area contributed by atoms with E-state index in [1.54, 1.807) is 31.3 Å². The Labute approximate surface area is 232 Å². The number of nitrogens with one attached hydrogen (secondary N) is 3. The molecule has 0 unspecified atom stereocenters. The molecule has 0 spiro atoms. The van der Waals surface area contributed by atoms with E-state index in [9.17, 15) is 14.0 Å². The minimum Gasteiger partial charge on any atom is -0.383 e. The number of benzene rings is 2. The summed E-state index contributed by atoms with van der Waals surface area (Å²) in [5, 5.41) is 13.3. The first-order valence-electron chi connectivity index (χ1n) is 13.1. The predicted octanol–water partition coefficient (Wildman–Crippen LogP) is 4.02. The fourth-order valence-corrected chi connectivity index (χ4v) is 4.36. The Hall–Kier alpha value is -4.58. The number of hydrogen-bond acceptors (Lipinski definition) is 7. The lowest BCUT2D eigenvalue weighted by molar-refractivity contribution is -0.120. The van der Waals surface area contributed by atoms with Crippen molar-refractivity contribution in [1.29, 1.82) is 0 Å². The van der Waals surface area contributed by atoms with Crippen molar-refractivity contribution < 1.29 is 14.0 Å². The highest BCUT2D eigenvalue weighted by atomic mass is 19.1. The zero-order valence-corrected chi connectivity index (χ0v) is 22.9. The van der Waals surface area contributed by atoms with Crippen molar-refractivity contribution >= 4 is 40.2 Å². The van der Waals surface area contributed by atoms with Gasteiger partial charge < -0.3 is 26.6 Å². The molecule has 2 heterocycles. The third-order valence-electron chi connectivity index (χ3n) is 6.48. The van der Waals surface area contributed by atoms with Crippen molar-refractivity contribution in [2.24, 2.45) is 0 Å². The number of rotatable bonds is 11. The number of carbonyl (C=O) groups is 2. The summed E-state index contributed by atoms with van der Waals surface area (Å²) >= 11 is 0. The molecule has 2 aromatic carbocycles. The summed E-state index contributed by atoms with van der Waals surface area (Å²) in [5.74, 6) is -0.128. The lowest BCUT2D eigenvalue weighted by Gasteiger charge is -2.16. The maximum atomic E-state index is 14.0. The van der Waals surface area contributed by atoms with Crippen LogP contribution >= 0.6 is 0 Å². The molecule has 0 saturated heterocycles. The van der Waals surface area contributed by atoms with Crippen LogP contribution in [-0.4, -0.2) is 63.8 Å². The number of nitrogen functional groups attached to an aromatic ring is 1. The number of anilines is 3. The first-order chi connectivity index (χ1) is 19.2. The zero-order valence-electron chi connectivity index (χ0n) is 22.9. The van der Waals surface area contributed by atoms with Crippen LogP contribution in [0.2, 0.25) is 0 Å². The molecule has 5 N–H and O–H groups in total. The number of nitrogens with two attached hydrogens (primary N) is 1. The van der Waals surface area contributed by atoms with Crippen LogP contribution in [0.1, 0.15) is 24.8 Å². The Bertz CT molecular complexity index is 1490. The SMILES string of the molecule is CNC(=O)CCCN(C)CCCn1nc(-c2ccc(NC(=O)Nc3cc(C)ccc3F)cc2)c2c(N)ncnc21. The van der Waals surface area contributed by atoms with Crippen LogP contribution in [0.25, 0.3) is 22.3 Å². The molecule has 0 atom stereocenters. The molecule has 40 heavy (non-hydrogen) atoms. The van der Waals surface area contributed by atoms with E-state index < -0.39 is 11.8 Å². The van der Waals surface area contributed by atoms with E-state index in [2.05, 4.69) is 30.8 Å². The molecule has 0 aliphatic rings. The molecule has 0 radical (unpaired) electrons. The fourth-order valence-electron chi connectivity index (χ4n) is 4.36. The minimum absolute atomic E-state index is 0.0472. The van der Waals surface area contributed by atoms with Crippen LogP contribution in [0.4, 0.5) is 26.4 Å². The molecule has 11 nitrogen and oxygen atoms in total. The molecule has 0 fully saturated rings. The average Bonchev–Trinajstić information content (AvgIpc) is 3.31. The standard InChI is InChI=1S/C28H34FN9O2/c1-18-7-12-21(29)22(16-18)35-28(40)34-20-10-8-19(9-11-20)25-24-26(30)32-17-33-27(24)38(36-25)15-5-14-37(3)13-4-6-23(39)31-2/h7-12,16-17H,4-6,13-15H2,1-3H3,(H,31,39)(H2,30,32,33)(H2,34,35,40). The van der Waals surface area contributed by atoms with Crippen LogP contribution in [-0.2, 0) is 11.3 Å². The largest absolute Gasteiger partial charge is 0.383 e. The van der Waals surface area contributed by atoms with E-state index >= 15 is 0 Å². The zero-order chi connectivity index (χ0) is 28.6. The van der Waals surface area contributed by atoms with Gasteiger partial charge in [0, 0.05) is 31.3 Å². The maximum Gasteiger partial charge on any atom is 0.323 e. The van der Waals surface area contributed by atoms with Gasteiger partial charge in [-0.2, -0.15) is 5.10 Å². The van der Waals surface area contributed by atoms with E-state index in [1.165, 1.54) is 12.4 Å². The molecule has 2 aromatic heterocycles. The number of hydrogen-bond donors (Lipinski definition) is 4. The Balaban J connectivity index is 1.42. The molecule has 0 aliphatic carbocycles. The second kappa shape index (κ2) is 13.0. The number of fused-ring (bicyclic) bond motifs is 1. The molecule has 12 heteroatoms. The van der Waals surface area contributed by atoms with Crippen molar-refractivity contribution in [1.82, 2.24) is 30.0 Å². The van der Waals surface area contributed by atoms with Crippen molar-refractivity contribution in [2.45, 2.75) is 32.7 Å². The normalized spacial score (nSPS) is 11.1. The Morgan fingerprint density at radius 1 is 1.05 bits per heavy atom. The number of aryl methyl sites for hydroxylation is 2. The third kappa shape index (κ3) is 7.08. The summed E-state index contributed by atoms with van der Waals surface area (Å²) < 4.78 is 15.8. The van der Waals surface area contributed by atoms with Crippen molar-refractivity contribution in [3.63, 3.8) is 0 Å². The van der Waals surface area contributed by atoms with Crippen molar-refractivity contribution in [3.8, 4) is 11.3 Å². The second-order valence-electron chi connectivity index (χ2n) is 9.60. The number of urea groups is 1. The van der Waals surface area contributed by atoms with Gasteiger partial charge in [0.2, 0.25) is 5.91 Å². The van der Waals surface area contributed by atoms with Crippen LogP contribution in [0.5, 0.6) is 0 Å². The second-order valence-corrected chi connectivity index (χ2v) is 9.60. The lowest BCUT2D eigenvalue weighted by Crippen LogP contribution is -2.24. The predicted molar refractivity (Wildman–Crippen MR) is 154 cm³/mol. The maximum absolute atomic E-state index is 14.0. The average molecular weight is 548 g/mol. The highest BCUT2D eigenvalue weighted by Crippen LogP contribution is 2.31. The summed E-state index contributed by atoms with van der Waals surface area (Å²) in [5.41, 5.74) is 9.77. The lowest BCUT2D eigenvalue weighted by atomic mass is 10.1. The highest BCUT2D eigenvalue weighted by Gasteiger charge is 2.17. The molecule has 0 saturated carbocycles. The van der Waals surface area contributed by atoms with Crippen LogP contribution < -0.4 is 21.7 Å². The number of amides is 3. The van der Waals surface area contributed by atoms with Gasteiger partial charge in [-0.1, -0.05) is 18.2 Å². The molecule has 0 bridgehead atoms. The third-order valence-corrected chi connectivity index (χ3v) is 6.48. The Kier molecular flexibility index (Phi) is 9.23. The molecule has 4 aromatic rings. The summed E-state index contributed by atoms with van der Waals surface area (Å²) in [4.78, 5) is 34.6. The fraction of sp³-hybridized carbons (Fsp3) is 0.321. The van der Waals surface area contributed by atoms with Crippen molar-refractivity contribution in [3.05, 3.63) is 60.2 Å². The smallest absolute Gasteiger partial charge is 0.323 e. The van der Waals surface area contributed by atoms with E-state index in [1.807, 2.05) is 30.8 Å².